The second-order valence-corrected chi connectivity index (χ2v) is 6.51. The molecule has 0 bridgehead atoms. The van der Waals surface area contributed by atoms with Crippen LogP contribution in [-0.4, -0.2) is 35.2 Å². The van der Waals surface area contributed by atoms with Crippen molar-refractivity contribution in [2.24, 2.45) is 5.14 Å². The quantitative estimate of drug-likeness (QED) is 0.469. The van der Waals surface area contributed by atoms with E-state index in [2.05, 4.69) is 41.3 Å². The second-order valence-electron chi connectivity index (χ2n) is 3.45. The molecule has 1 aliphatic rings. The summed E-state index contributed by atoms with van der Waals surface area (Å²) >= 11 is 2.15. The third-order valence-electron chi connectivity index (χ3n) is 2.59. The number of nitrogens with two attached hydrogens (primary N) is 1. The summed E-state index contributed by atoms with van der Waals surface area (Å²) in [7, 11) is -3.34. The molecule has 3 atom stereocenters. The fourth-order valence-electron chi connectivity index (χ4n) is 1.39. The lowest BCUT2D eigenvalue weighted by Crippen LogP contribution is -2.63. The Kier molecular flexibility index (Phi) is 3.59. The van der Waals surface area contributed by atoms with Gasteiger partial charge in [-0.1, -0.05) is 29.5 Å². The third kappa shape index (κ3) is 2.34. The van der Waals surface area contributed by atoms with Gasteiger partial charge in [-0.05, 0) is 13.3 Å². The number of primary sulfonamides is 1. The van der Waals surface area contributed by atoms with Gasteiger partial charge in [-0.3, -0.25) is 4.90 Å². The van der Waals surface area contributed by atoms with Crippen molar-refractivity contribution >= 4 is 32.6 Å². The van der Waals surface area contributed by atoms with Crippen LogP contribution in [0.5, 0.6) is 0 Å². The van der Waals surface area contributed by atoms with Gasteiger partial charge in [0.05, 0.1) is 4.05 Å². The summed E-state index contributed by atoms with van der Waals surface area (Å²) in [5.74, 6) is 0. The average Bonchev–Trinajstić information content (AvgIpc) is 1.98. The van der Waals surface area contributed by atoms with Crippen LogP contribution in [0.2, 0.25) is 0 Å². The molecule has 13 heavy (non-hydrogen) atoms. The maximum absolute atomic E-state index is 11.0. The van der Waals surface area contributed by atoms with Crippen LogP contribution in [0, 0.1) is 0 Å². The highest BCUT2D eigenvalue weighted by molar-refractivity contribution is 14.1. The first-order valence-corrected chi connectivity index (χ1v) is 7.14. The molecule has 0 aromatic heterocycles. The van der Waals surface area contributed by atoms with Crippen LogP contribution in [0.1, 0.15) is 20.3 Å². The first-order chi connectivity index (χ1) is 5.88. The number of nitrogens with zero attached hydrogens (tertiary/aromatic N) is 1. The molecule has 1 heterocycles. The Morgan fingerprint density at radius 1 is 1.69 bits per heavy atom. The van der Waals surface area contributed by atoms with E-state index in [0.717, 1.165) is 6.42 Å². The van der Waals surface area contributed by atoms with Crippen LogP contribution in [0.3, 0.4) is 0 Å². The largest absolute Gasteiger partial charge is 0.286 e. The Morgan fingerprint density at radius 3 is 2.54 bits per heavy atom. The highest BCUT2D eigenvalue weighted by atomic mass is 127. The van der Waals surface area contributed by atoms with E-state index in [1.54, 1.807) is 0 Å². The van der Waals surface area contributed by atoms with E-state index in [4.69, 9.17) is 5.14 Å². The van der Waals surface area contributed by atoms with Crippen molar-refractivity contribution in [2.75, 3.05) is 6.54 Å². The Balaban J connectivity index is 2.58. The summed E-state index contributed by atoms with van der Waals surface area (Å²) in [6, 6.07) is 0.444. The van der Waals surface area contributed by atoms with Gasteiger partial charge in [-0.2, -0.15) is 0 Å². The van der Waals surface area contributed by atoms with E-state index in [9.17, 15) is 8.42 Å². The summed E-state index contributed by atoms with van der Waals surface area (Å²) < 4.78 is 22.1. The summed E-state index contributed by atoms with van der Waals surface area (Å²) in [6.45, 7) is 4.78. The van der Waals surface area contributed by atoms with Crippen molar-refractivity contribution in [3.05, 3.63) is 0 Å². The molecule has 1 fully saturated rings. The van der Waals surface area contributed by atoms with Gasteiger partial charge in [0.2, 0.25) is 10.0 Å². The smallest absolute Gasteiger partial charge is 0.215 e. The topological polar surface area (TPSA) is 63.4 Å². The number of hydrogen-bond acceptors (Lipinski definition) is 3. The molecule has 0 amide bonds. The summed E-state index contributed by atoms with van der Waals surface area (Å²) in [6.07, 6.45) is 1.04. The molecule has 78 valence electrons. The summed E-state index contributed by atoms with van der Waals surface area (Å²) in [5, 5.41) is 4.70. The molecule has 1 rings (SSSR count). The summed E-state index contributed by atoms with van der Waals surface area (Å²) in [5.41, 5.74) is 0. The highest BCUT2D eigenvalue weighted by Gasteiger charge is 2.45. The van der Waals surface area contributed by atoms with E-state index in [1.165, 1.54) is 0 Å². The van der Waals surface area contributed by atoms with Gasteiger partial charge in [0, 0.05) is 12.6 Å². The van der Waals surface area contributed by atoms with Crippen LogP contribution in [0.25, 0.3) is 0 Å². The molecule has 0 spiro atoms. The normalized spacial score (nSPS) is 32.6. The van der Waals surface area contributed by atoms with Crippen molar-refractivity contribution < 1.29 is 8.42 Å². The molecular weight excluding hydrogens is 303 g/mol. The molecule has 0 aromatic rings. The summed E-state index contributed by atoms with van der Waals surface area (Å²) in [4.78, 5) is 2.16. The molecule has 1 saturated heterocycles. The zero-order valence-corrected chi connectivity index (χ0v) is 10.7. The first kappa shape index (κ1) is 11.7. The van der Waals surface area contributed by atoms with Crippen molar-refractivity contribution in [1.82, 2.24) is 4.90 Å². The van der Waals surface area contributed by atoms with Gasteiger partial charge >= 0.3 is 0 Å². The lowest BCUT2D eigenvalue weighted by Gasteiger charge is -2.46. The first-order valence-electron chi connectivity index (χ1n) is 4.29. The zero-order valence-electron chi connectivity index (χ0n) is 7.77. The highest BCUT2D eigenvalue weighted by Crippen LogP contribution is 2.31. The predicted octanol–water partition coefficient (Wildman–Crippen LogP) is 0.519. The maximum atomic E-state index is 11.0. The number of halogens is 1. The molecule has 1 aliphatic heterocycles. The van der Waals surface area contributed by atoms with E-state index in [0.29, 0.717) is 12.6 Å². The van der Waals surface area contributed by atoms with Crippen LogP contribution in [-0.2, 0) is 10.0 Å². The van der Waals surface area contributed by atoms with E-state index in [-0.39, 0.29) is 9.30 Å². The average molecular weight is 318 g/mol. The third-order valence-corrected chi connectivity index (χ3v) is 5.92. The van der Waals surface area contributed by atoms with Crippen LogP contribution in [0.15, 0.2) is 0 Å². The Hall–Kier alpha value is 0.600. The van der Waals surface area contributed by atoms with E-state index < -0.39 is 10.0 Å². The Labute approximate surface area is 93.0 Å². The molecule has 0 aliphatic carbocycles. The number of sulfonamides is 1. The Morgan fingerprint density at radius 2 is 2.23 bits per heavy atom. The number of rotatable bonds is 3. The molecule has 6 heteroatoms. The van der Waals surface area contributed by atoms with Crippen LogP contribution >= 0.6 is 22.6 Å². The van der Waals surface area contributed by atoms with Crippen LogP contribution < -0.4 is 5.14 Å². The minimum atomic E-state index is -3.34. The maximum Gasteiger partial charge on any atom is 0.215 e. The number of likely N-dealkylation sites (tertiary alicyclic amines) is 1. The fraction of sp³-hybridized carbons (Fsp3) is 1.00. The molecule has 3 unspecified atom stereocenters. The van der Waals surface area contributed by atoms with Crippen molar-refractivity contribution in [1.29, 1.82) is 0 Å². The monoisotopic (exact) mass is 318 g/mol. The second kappa shape index (κ2) is 4.00. The molecule has 2 N–H and O–H groups in total. The van der Waals surface area contributed by atoms with Gasteiger partial charge in [-0.25, -0.2) is 13.6 Å². The lowest BCUT2D eigenvalue weighted by molar-refractivity contribution is 0.116. The van der Waals surface area contributed by atoms with Crippen molar-refractivity contribution in [3.63, 3.8) is 0 Å². The fourth-order valence-corrected chi connectivity index (χ4v) is 4.47. The number of alkyl halides is 1. The van der Waals surface area contributed by atoms with Gasteiger partial charge in [0.25, 0.3) is 0 Å². The lowest BCUT2D eigenvalue weighted by atomic mass is 10.1. The van der Waals surface area contributed by atoms with Gasteiger partial charge in [-0.15, -0.1) is 0 Å². The Bertz CT molecular complexity index is 280. The molecule has 4 nitrogen and oxygen atoms in total. The SMILES string of the molecule is CCC(C)N1CC(S(N)(=O)=O)C1I. The minimum absolute atomic E-state index is 0.0440. The van der Waals surface area contributed by atoms with Crippen molar-refractivity contribution in [3.8, 4) is 0 Å². The van der Waals surface area contributed by atoms with Gasteiger partial charge in [0.15, 0.2) is 0 Å². The standard InChI is InChI=1S/C7H15IN2O2S/c1-3-5(2)10-4-6(7(10)8)13(9,11)12/h5-7H,3-4H2,1-2H3,(H2,9,11,12). The van der Waals surface area contributed by atoms with Gasteiger partial charge in [0.1, 0.15) is 5.25 Å². The molecule has 0 saturated carbocycles. The van der Waals surface area contributed by atoms with Crippen molar-refractivity contribution in [2.45, 2.75) is 35.6 Å². The van der Waals surface area contributed by atoms with E-state index in [1.807, 2.05) is 0 Å². The number of hydrogen-bond donors (Lipinski definition) is 1. The van der Waals surface area contributed by atoms with Gasteiger partial charge < -0.3 is 0 Å². The molecule has 0 aromatic carbocycles. The zero-order chi connectivity index (χ0) is 10.2. The molecular formula is C7H15IN2O2S. The molecule has 0 radical (unpaired) electrons. The predicted molar refractivity (Wildman–Crippen MR) is 61.2 cm³/mol. The minimum Gasteiger partial charge on any atom is -0.286 e. The van der Waals surface area contributed by atoms with Crippen LogP contribution in [0.4, 0.5) is 0 Å². The van der Waals surface area contributed by atoms with E-state index >= 15 is 0 Å².